The van der Waals surface area contributed by atoms with Crippen LogP contribution in [0.4, 0.5) is 0 Å². The predicted molar refractivity (Wildman–Crippen MR) is 120 cm³/mol. The van der Waals surface area contributed by atoms with Gasteiger partial charge in [0.05, 0.1) is 0 Å². The molecular formula is C22H45O6P. The Balaban J connectivity index is 0. The largest absolute Gasteiger partial charge is 0.481 e. The van der Waals surface area contributed by atoms with Crippen molar-refractivity contribution in [1.29, 1.82) is 0 Å². The summed E-state index contributed by atoms with van der Waals surface area (Å²) in [5, 5.41) is 8.55. The lowest BCUT2D eigenvalue weighted by molar-refractivity contribution is -0.137. The molecule has 0 aromatic carbocycles. The van der Waals surface area contributed by atoms with E-state index in [1.54, 1.807) is 0 Å². The first-order valence-corrected chi connectivity index (χ1v) is 13.0. The van der Waals surface area contributed by atoms with Crippen LogP contribution in [0.15, 0.2) is 12.2 Å². The van der Waals surface area contributed by atoms with Crippen LogP contribution in [0, 0.1) is 0 Å². The van der Waals surface area contributed by atoms with Crippen molar-refractivity contribution in [2.75, 3.05) is 0 Å². The Bertz CT molecular complexity index is 411. The SMILES string of the molecule is CCCCCCCCC=CCCCCCCCCCCCC(=O)O.O=P(O)(O)O. The summed E-state index contributed by atoms with van der Waals surface area (Å²) in [7, 11) is -4.64. The topological polar surface area (TPSA) is 115 Å². The highest BCUT2D eigenvalue weighted by atomic mass is 31.2. The van der Waals surface area contributed by atoms with E-state index in [0.29, 0.717) is 6.42 Å². The highest BCUT2D eigenvalue weighted by Gasteiger charge is 2.00. The molecule has 0 aromatic rings. The summed E-state index contributed by atoms with van der Waals surface area (Å²) in [6.07, 6.45) is 27.1. The Hall–Kier alpha value is -0.680. The molecule has 0 rings (SSSR count). The summed E-state index contributed by atoms with van der Waals surface area (Å²) in [4.78, 5) is 31.9. The molecule has 0 atom stereocenters. The van der Waals surface area contributed by atoms with Gasteiger partial charge in [0.2, 0.25) is 0 Å². The van der Waals surface area contributed by atoms with Crippen LogP contribution in [0.1, 0.15) is 122 Å². The third-order valence-electron chi connectivity index (χ3n) is 4.65. The first-order chi connectivity index (χ1) is 13.8. The number of allylic oxidation sites excluding steroid dienone is 2. The average molecular weight is 437 g/mol. The molecule has 6 nitrogen and oxygen atoms in total. The fourth-order valence-corrected chi connectivity index (χ4v) is 3.05. The first-order valence-electron chi connectivity index (χ1n) is 11.4. The molecule has 0 saturated heterocycles. The third kappa shape index (κ3) is 42.4. The summed E-state index contributed by atoms with van der Waals surface area (Å²) in [6.45, 7) is 2.27. The van der Waals surface area contributed by atoms with E-state index >= 15 is 0 Å². The van der Waals surface area contributed by atoms with E-state index in [9.17, 15) is 4.79 Å². The number of unbranched alkanes of at least 4 members (excludes halogenated alkanes) is 15. The van der Waals surface area contributed by atoms with E-state index in [-0.39, 0.29) is 0 Å². The lowest BCUT2D eigenvalue weighted by Crippen LogP contribution is -1.93. The molecule has 29 heavy (non-hydrogen) atoms. The zero-order chi connectivity index (χ0) is 22.2. The van der Waals surface area contributed by atoms with Crippen molar-refractivity contribution < 1.29 is 29.1 Å². The summed E-state index contributed by atoms with van der Waals surface area (Å²) in [6, 6.07) is 0. The lowest BCUT2D eigenvalue weighted by atomic mass is 10.1. The Morgan fingerprint density at radius 2 is 0.966 bits per heavy atom. The second-order valence-electron chi connectivity index (χ2n) is 7.66. The molecular weight excluding hydrogens is 391 g/mol. The molecule has 0 fully saturated rings. The molecule has 0 amide bonds. The zero-order valence-corrected chi connectivity index (χ0v) is 19.3. The fraction of sp³-hybridized carbons (Fsp3) is 0.864. The summed E-state index contributed by atoms with van der Waals surface area (Å²) in [5.74, 6) is -0.656. The minimum absolute atomic E-state index is 0.340. The van der Waals surface area contributed by atoms with E-state index in [1.807, 2.05) is 0 Å². The molecule has 174 valence electrons. The van der Waals surface area contributed by atoms with E-state index in [1.165, 1.54) is 96.3 Å². The number of hydrogen-bond donors (Lipinski definition) is 4. The van der Waals surface area contributed by atoms with Gasteiger partial charge in [-0.15, -0.1) is 0 Å². The van der Waals surface area contributed by atoms with Crippen molar-refractivity contribution in [2.45, 2.75) is 122 Å². The molecule has 0 radical (unpaired) electrons. The summed E-state index contributed by atoms with van der Waals surface area (Å²) >= 11 is 0. The van der Waals surface area contributed by atoms with Crippen LogP contribution in [0.2, 0.25) is 0 Å². The number of aliphatic carboxylic acids is 1. The quantitative estimate of drug-likeness (QED) is 0.101. The van der Waals surface area contributed by atoms with Gasteiger partial charge in [-0.2, -0.15) is 0 Å². The van der Waals surface area contributed by atoms with Gasteiger partial charge in [-0.1, -0.05) is 96.1 Å². The van der Waals surface area contributed by atoms with Crippen LogP contribution in [-0.2, 0) is 9.36 Å². The van der Waals surface area contributed by atoms with Gasteiger partial charge in [-0.25, -0.2) is 4.57 Å². The average Bonchev–Trinajstić information content (AvgIpc) is 2.62. The number of hydrogen-bond acceptors (Lipinski definition) is 2. The van der Waals surface area contributed by atoms with Gasteiger partial charge in [0.15, 0.2) is 0 Å². The lowest BCUT2D eigenvalue weighted by Gasteiger charge is -2.01. The highest BCUT2D eigenvalue weighted by molar-refractivity contribution is 7.45. The van der Waals surface area contributed by atoms with Crippen LogP contribution < -0.4 is 0 Å². The van der Waals surface area contributed by atoms with E-state index in [2.05, 4.69) is 19.1 Å². The van der Waals surface area contributed by atoms with Crippen molar-refractivity contribution in [3.63, 3.8) is 0 Å². The molecule has 0 aromatic heterocycles. The number of carboxylic acid groups (broad SMARTS) is 1. The molecule has 0 aliphatic rings. The fourth-order valence-electron chi connectivity index (χ4n) is 3.05. The van der Waals surface area contributed by atoms with Crippen LogP contribution in [-0.4, -0.2) is 25.8 Å². The maximum Gasteiger partial charge on any atom is 0.466 e. The summed E-state index contributed by atoms with van der Waals surface area (Å²) in [5.41, 5.74) is 0. The third-order valence-corrected chi connectivity index (χ3v) is 4.65. The smallest absolute Gasteiger partial charge is 0.466 e. The maximum atomic E-state index is 10.4. The molecule has 7 heteroatoms. The molecule has 0 unspecified atom stereocenters. The van der Waals surface area contributed by atoms with E-state index in [4.69, 9.17) is 24.4 Å². The zero-order valence-electron chi connectivity index (χ0n) is 18.4. The minimum Gasteiger partial charge on any atom is -0.481 e. The van der Waals surface area contributed by atoms with Gasteiger partial charge in [-0.05, 0) is 32.1 Å². The second-order valence-corrected chi connectivity index (χ2v) is 8.68. The number of rotatable bonds is 19. The van der Waals surface area contributed by atoms with Crippen molar-refractivity contribution in [3.8, 4) is 0 Å². The summed E-state index contributed by atoms with van der Waals surface area (Å²) < 4.78 is 8.88. The molecule has 0 saturated carbocycles. The molecule has 0 heterocycles. The maximum absolute atomic E-state index is 10.4. The molecule has 0 aliphatic heterocycles. The van der Waals surface area contributed by atoms with Gasteiger partial charge in [0.1, 0.15) is 0 Å². The van der Waals surface area contributed by atoms with Gasteiger partial charge in [-0.3, -0.25) is 4.79 Å². The Morgan fingerprint density at radius 3 is 1.31 bits per heavy atom. The first kappa shape index (κ1) is 30.5. The molecule has 4 N–H and O–H groups in total. The Kier molecular flexibility index (Phi) is 24.8. The van der Waals surface area contributed by atoms with Crippen LogP contribution in [0.3, 0.4) is 0 Å². The number of phosphoric acid groups is 1. The molecule has 0 bridgehead atoms. The van der Waals surface area contributed by atoms with E-state index < -0.39 is 13.8 Å². The van der Waals surface area contributed by atoms with Crippen molar-refractivity contribution in [1.82, 2.24) is 0 Å². The Labute approximate surface area is 178 Å². The minimum atomic E-state index is -4.64. The van der Waals surface area contributed by atoms with Gasteiger partial charge in [0.25, 0.3) is 0 Å². The monoisotopic (exact) mass is 436 g/mol. The van der Waals surface area contributed by atoms with Crippen LogP contribution in [0.25, 0.3) is 0 Å². The van der Waals surface area contributed by atoms with Gasteiger partial charge in [0, 0.05) is 6.42 Å². The van der Waals surface area contributed by atoms with Crippen molar-refractivity contribution in [3.05, 3.63) is 12.2 Å². The van der Waals surface area contributed by atoms with Crippen molar-refractivity contribution >= 4 is 13.8 Å². The van der Waals surface area contributed by atoms with E-state index in [0.717, 1.165) is 12.8 Å². The molecule has 0 spiro atoms. The van der Waals surface area contributed by atoms with Crippen LogP contribution >= 0.6 is 7.82 Å². The highest BCUT2D eigenvalue weighted by Crippen LogP contribution is 2.25. The van der Waals surface area contributed by atoms with Crippen molar-refractivity contribution in [2.24, 2.45) is 0 Å². The van der Waals surface area contributed by atoms with Crippen LogP contribution in [0.5, 0.6) is 0 Å². The second kappa shape index (κ2) is 23.6. The predicted octanol–water partition coefficient (Wildman–Crippen LogP) is 6.74. The Morgan fingerprint density at radius 1 is 0.655 bits per heavy atom. The number of carboxylic acids is 1. The normalized spacial score (nSPS) is 11.4. The van der Waals surface area contributed by atoms with Gasteiger partial charge < -0.3 is 19.8 Å². The molecule has 0 aliphatic carbocycles. The number of carbonyl (C=O) groups is 1. The van der Waals surface area contributed by atoms with Gasteiger partial charge >= 0.3 is 13.8 Å². The standard InChI is InChI=1S/C22H42O2.H3O4P/c1-2-3-4-5-6-7-8-9-10-11-12-13-14-15-16-17-18-19-20-21-22(23)24;1-5(2,3)4/h9-10H,2-8,11-21H2,1H3,(H,23,24);(H3,1,2,3,4).